The van der Waals surface area contributed by atoms with Crippen molar-refractivity contribution in [3.63, 3.8) is 0 Å². The normalized spacial score (nSPS) is 33.4. The van der Waals surface area contributed by atoms with Gasteiger partial charge in [-0.25, -0.2) is 0 Å². The fourth-order valence-corrected chi connectivity index (χ4v) is 3.22. The van der Waals surface area contributed by atoms with Crippen molar-refractivity contribution >= 4 is 5.78 Å². The van der Waals surface area contributed by atoms with Crippen LogP contribution in [-0.4, -0.2) is 18.0 Å². The highest BCUT2D eigenvalue weighted by Crippen LogP contribution is 2.48. The molecule has 0 heterocycles. The van der Waals surface area contributed by atoms with Crippen molar-refractivity contribution in [3.8, 4) is 0 Å². The Balaban J connectivity index is 2.73. The minimum absolute atomic E-state index is 0.102. The Bertz CT molecular complexity index is 295. The van der Waals surface area contributed by atoms with Crippen LogP contribution < -0.4 is 0 Å². The first kappa shape index (κ1) is 15.7. The zero-order valence-corrected chi connectivity index (χ0v) is 13.0. The molecule has 1 rings (SSSR count). The molecular formula is C16H30O2. The Labute approximate surface area is 112 Å². The van der Waals surface area contributed by atoms with Crippen molar-refractivity contribution in [1.29, 1.82) is 0 Å². The predicted octanol–water partition coefficient (Wildman–Crippen LogP) is 4.22. The molecule has 1 aliphatic carbocycles. The maximum atomic E-state index is 11.1. The molecule has 2 nitrogen and oxygen atoms in total. The lowest BCUT2D eigenvalue weighted by Crippen LogP contribution is -2.44. The molecule has 0 spiro atoms. The monoisotopic (exact) mass is 254 g/mol. The summed E-state index contributed by atoms with van der Waals surface area (Å²) >= 11 is 0. The smallest absolute Gasteiger partial charge is 0.155 e. The van der Waals surface area contributed by atoms with Gasteiger partial charge in [0.25, 0.3) is 0 Å². The lowest BCUT2D eigenvalue weighted by molar-refractivity contribution is -0.136. The van der Waals surface area contributed by atoms with E-state index in [0.717, 1.165) is 18.8 Å². The second kappa shape index (κ2) is 5.73. The van der Waals surface area contributed by atoms with Crippen LogP contribution in [0.1, 0.15) is 67.2 Å². The highest BCUT2D eigenvalue weighted by molar-refractivity contribution is 5.76. The average Bonchev–Trinajstić information content (AvgIpc) is 2.30. The van der Waals surface area contributed by atoms with Gasteiger partial charge in [-0.1, -0.05) is 34.1 Å². The van der Waals surface area contributed by atoms with Crippen molar-refractivity contribution in [2.24, 2.45) is 17.3 Å². The number of hydrogen-bond acceptors (Lipinski definition) is 2. The summed E-state index contributed by atoms with van der Waals surface area (Å²) in [5.74, 6) is 1.57. The second-order valence-electron chi connectivity index (χ2n) is 7.11. The van der Waals surface area contributed by atoms with E-state index in [4.69, 9.17) is 4.74 Å². The summed E-state index contributed by atoms with van der Waals surface area (Å²) in [5, 5.41) is 0. The van der Waals surface area contributed by atoms with E-state index in [-0.39, 0.29) is 18.0 Å². The zero-order chi connectivity index (χ0) is 14.0. The largest absolute Gasteiger partial charge is 0.368 e. The van der Waals surface area contributed by atoms with Crippen molar-refractivity contribution in [2.45, 2.75) is 72.8 Å². The van der Waals surface area contributed by atoms with E-state index < -0.39 is 0 Å². The molecule has 0 radical (unpaired) electrons. The first-order valence-electron chi connectivity index (χ1n) is 7.33. The molecule has 0 saturated heterocycles. The molecule has 0 aromatic carbocycles. The molecule has 0 bridgehead atoms. The van der Waals surface area contributed by atoms with E-state index in [0.29, 0.717) is 11.3 Å². The minimum atomic E-state index is -0.102. The predicted molar refractivity (Wildman–Crippen MR) is 75.6 cm³/mol. The van der Waals surface area contributed by atoms with Gasteiger partial charge in [0, 0.05) is 0 Å². The average molecular weight is 254 g/mol. The Morgan fingerprint density at radius 2 is 2.06 bits per heavy atom. The molecular weight excluding hydrogens is 224 g/mol. The lowest BCUT2D eigenvalue weighted by atomic mass is 9.61. The van der Waals surface area contributed by atoms with Gasteiger partial charge in [0.15, 0.2) is 5.78 Å². The molecule has 0 aromatic heterocycles. The fraction of sp³-hybridized carbons (Fsp3) is 0.938. The third kappa shape index (κ3) is 3.81. The van der Waals surface area contributed by atoms with Gasteiger partial charge in [0.1, 0.15) is 6.61 Å². The summed E-state index contributed by atoms with van der Waals surface area (Å²) < 4.78 is 5.90. The van der Waals surface area contributed by atoms with E-state index in [1.807, 2.05) is 0 Å². The van der Waals surface area contributed by atoms with Crippen molar-refractivity contribution < 1.29 is 9.53 Å². The van der Waals surface area contributed by atoms with Gasteiger partial charge in [0.2, 0.25) is 0 Å². The van der Waals surface area contributed by atoms with Crippen LogP contribution in [0, 0.1) is 17.3 Å². The van der Waals surface area contributed by atoms with Gasteiger partial charge in [0.05, 0.1) is 5.60 Å². The van der Waals surface area contributed by atoms with Crippen molar-refractivity contribution in [3.05, 3.63) is 0 Å². The molecule has 0 aliphatic heterocycles. The van der Waals surface area contributed by atoms with E-state index in [1.165, 1.54) is 12.8 Å². The topological polar surface area (TPSA) is 26.3 Å². The van der Waals surface area contributed by atoms with Crippen LogP contribution in [0.5, 0.6) is 0 Å². The van der Waals surface area contributed by atoms with Crippen LogP contribution in [0.3, 0.4) is 0 Å². The maximum absolute atomic E-state index is 11.1. The van der Waals surface area contributed by atoms with E-state index in [2.05, 4.69) is 34.6 Å². The van der Waals surface area contributed by atoms with Gasteiger partial charge in [-0.15, -0.1) is 0 Å². The van der Waals surface area contributed by atoms with E-state index >= 15 is 0 Å². The molecule has 3 atom stereocenters. The molecule has 1 saturated carbocycles. The summed E-state index contributed by atoms with van der Waals surface area (Å²) in [6.45, 7) is 13.4. The maximum Gasteiger partial charge on any atom is 0.155 e. The number of carbonyl (C=O) groups is 1. The number of Topliss-reactive ketones (excluding diaryl/α,β-unsaturated/α-hetero) is 1. The number of ketones is 1. The number of ether oxygens (including phenoxy) is 1. The Morgan fingerprint density at radius 3 is 2.56 bits per heavy atom. The highest BCUT2D eigenvalue weighted by Gasteiger charge is 2.42. The van der Waals surface area contributed by atoms with E-state index in [1.54, 1.807) is 6.92 Å². The van der Waals surface area contributed by atoms with Crippen LogP contribution in [0.25, 0.3) is 0 Å². The summed E-state index contributed by atoms with van der Waals surface area (Å²) in [7, 11) is 0. The molecule has 18 heavy (non-hydrogen) atoms. The molecule has 3 unspecified atom stereocenters. The first-order valence-corrected chi connectivity index (χ1v) is 7.33. The van der Waals surface area contributed by atoms with Crippen LogP contribution in [-0.2, 0) is 9.53 Å². The molecule has 106 valence electrons. The Kier molecular flexibility index (Phi) is 4.99. The minimum Gasteiger partial charge on any atom is -0.368 e. The lowest BCUT2D eigenvalue weighted by Gasteiger charge is -2.47. The van der Waals surface area contributed by atoms with Crippen molar-refractivity contribution in [2.75, 3.05) is 6.61 Å². The van der Waals surface area contributed by atoms with Crippen LogP contribution in [0.15, 0.2) is 0 Å². The van der Waals surface area contributed by atoms with Crippen LogP contribution in [0.4, 0.5) is 0 Å². The quantitative estimate of drug-likeness (QED) is 0.734. The standard InChI is InChI=1S/C16H30O2/c1-7-15(4,5)14-10-16(6,9-8-12(14)2)18-11-13(3)17/h12,14H,7-11H2,1-6H3. The first-order chi connectivity index (χ1) is 8.20. The third-order valence-electron chi connectivity index (χ3n) is 5.01. The summed E-state index contributed by atoms with van der Waals surface area (Å²) in [6, 6.07) is 0. The SMILES string of the molecule is CCC(C)(C)C1CC(C)(OCC(C)=O)CCC1C. The summed E-state index contributed by atoms with van der Waals surface area (Å²) in [6.07, 6.45) is 4.58. The summed E-state index contributed by atoms with van der Waals surface area (Å²) in [4.78, 5) is 11.1. The van der Waals surface area contributed by atoms with Crippen molar-refractivity contribution in [1.82, 2.24) is 0 Å². The van der Waals surface area contributed by atoms with Gasteiger partial charge in [-0.2, -0.15) is 0 Å². The number of hydrogen-bond donors (Lipinski definition) is 0. The molecule has 0 aromatic rings. The van der Waals surface area contributed by atoms with Crippen LogP contribution in [0.2, 0.25) is 0 Å². The summed E-state index contributed by atoms with van der Waals surface area (Å²) in [5.41, 5.74) is 0.260. The Hall–Kier alpha value is -0.370. The van der Waals surface area contributed by atoms with Crippen LogP contribution >= 0.6 is 0 Å². The van der Waals surface area contributed by atoms with Gasteiger partial charge in [-0.3, -0.25) is 4.79 Å². The fourth-order valence-electron chi connectivity index (χ4n) is 3.22. The molecule has 1 aliphatic rings. The highest BCUT2D eigenvalue weighted by atomic mass is 16.5. The molecule has 1 fully saturated rings. The second-order valence-corrected chi connectivity index (χ2v) is 7.11. The zero-order valence-electron chi connectivity index (χ0n) is 13.0. The molecule has 2 heteroatoms. The van der Waals surface area contributed by atoms with Gasteiger partial charge < -0.3 is 4.74 Å². The van der Waals surface area contributed by atoms with E-state index in [9.17, 15) is 4.79 Å². The number of rotatable bonds is 5. The number of carbonyl (C=O) groups excluding carboxylic acids is 1. The Morgan fingerprint density at radius 1 is 1.44 bits per heavy atom. The third-order valence-corrected chi connectivity index (χ3v) is 5.01. The van der Waals surface area contributed by atoms with Gasteiger partial charge >= 0.3 is 0 Å². The van der Waals surface area contributed by atoms with Gasteiger partial charge in [-0.05, 0) is 50.4 Å². The molecule has 0 N–H and O–H groups in total. The molecule has 0 amide bonds.